The molecule has 2 heterocycles. The fraction of sp³-hybridized carbons (Fsp3) is 0.644. The van der Waals surface area contributed by atoms with Gasteiger partial charge in [-0.05, 0) is 95.9 Å². The second-order valence-corrected chi connectivity index (χ2v) is 21.5. The maximum absolute atomic E-state index is 15.8. The second-order valence-electron chi connectivity index (χ2n) is 18.8. The normalized spacial score (nSPS) is 31.7. The first-order chi connectivity index (χ1) is 29.9. The Morgan fingerprint density at radius 1 is 1.06 bits per heavy atom. The molecule has 2 aromatic rings. The number of aliphatic hydroxyl groups excluding tert-OH is 2. The topological polar surface area (TPSA) is 248 Å². The lowest BCUT2D eigenvalue weighted by molar-refractivity contribution is -0.296. The zero-order valence-electron chi connectivity index (χ0n) is 37.5. The van der Waals surface area contributed by atoms with Crippen molar-refractivity contribution < 1.29 is 76.6 Å². The standard InChI is InChI=1S/C45H59NO16S2/c1-23-28(58-39(53)33(50)32(27-12-10-17-57-27)46-40(54)62-41(3,4)5)21-45(55)37(60-38(52)25-15-18-56-22-25)35-43(8,29(48)20-26-14-16-44(26,35)61-24(2)47)36(51)34(31(23)42(45,6)7)59-30(49)13-11-19-64-63-9/h10,12,15,17-18,22,26,28-29,32-35,37,48,50,55H,11,13-14,16,19-21H2,1-9H3,(H,46,54)/t26-,28+,29+,32+,33-,34-,35+,37+,43-,44+,45-/m1/s1. The number of nitrogens with one attached hydrogen (secondary N) is 1. The molecular formula is C45H59NO16S2. The van der Waals surface area contributed by atoms with Crippen molar-refractivity contribution in [3.63, 3.8) is 0 Å². The summed E-state index contributed by atoms with van der Waals surface area (Å²) in [6.45, 7) is 12.2. The van der Waals surface area contributed by atoms with Crippen LogP contribution in [0.3, 0.4) is 0 Å². The van der Waals surface area contributed by atoms with Gasteiger partial charge in [-0.15, -0.1) is 0 Å². The van der Waals surface area contributed by atoms with Gasteiger partial charge in [0, 0.05) is 36.9 Å². The number of hydrogen-bond acceptors (Lipinski definition) is 18. The molecule has 64 heavy (non-hydrogen) atoms. The van der Waals surface area contributed by atoms with E-state index in [4.69, 9.17) is 32.5 Å². The number of amides is 1. The fourth-order valence-corrected chi connectivity index (χ4v) is 11.6. The summed E-state index contributed by atoms with van der Waals surface area (Å²) in [6, 6.07) is 2.70. The number of aliphatic hydroxyl groups is 3. The van der Waals surface area contributed by atoms with Gasteiger partial charge < -0.3 is 53.2 Å². The Balaban J connectivity index is 1.53. The third kappa shape index (κ3) is 8.98. The summed E-state index contributed by atoms with van der Waals surface area (Å²) < 4.78 is 40.9. The van der Waals surface area contributed by atoms with E-state index in [2.05, 4.69) is 5.32 Å². The molecule has 0 unspecified atom stereocenters. The number of ether oxygens (including phenoxy) is 5. The number of furan rings is 2. The smallest absolute Gasteiger partial charge is 0.408 e. The van der Waals surface area contributed by atoms with Crippen LogP contribution in [-0.4, -0.2) is 110 Å². The lowest BCUT2D eigenvalue weighted by Crippen LogP contribution is -2.78. The number of fused-ring (bicyclic) bond motifs is 5. The molecule has 0 aliphatic heterocycles. The quantitative estimate of drug-likeness (QED) is 0.0575. The summed E-state index contributed by atoms with van der Waals surface area (Å²) in [5, 5.41) is 40.1. The summed E-state index contributed by atoms with van der Waals surface area (Å²) >= 11 is 0. The molecule has 4 N–H and O–H groups in total. The molecule has 0 saturated heterocycles. The average Bonchev–Trinajstić information content (AvgIpc) is 3.95. The fourth-order valence-electron chi connectivity index (χ4n) is 10.3. The van der Waals surface area contributed by atoms with Crippen molar-refractivity contribution in [1.82, 2.24) is 5.32 Å². The molecule has 3 fully saturated rings. The van der Waals surface area contributed by atoms with Crippen molar-refractivity contribution >= 4 is 57.3 Å². The zero-order valence-corrected chi connectivity index (χ0v) is 39.1. The van der Waals surface area contributed by atoms with Crippen LogP contribution in [0.1, 0.15) is 116 Å². The number of esters is 4. The SMILES string of the molecule is CSSCCCC(=O)O[C@H]1C(=O)[C@@]2(C)[C@H]([C@H](OC(=O)c3ccoc3)[C@]3(O)C[C@H](OC(=O)[C@H](O)[C@@H](NC(=O)OC(C)(C)C)c4ccco4)C(C)=C1C3(C)C)[C@]1(OC(C)=O)CC[C@@H]1C[C@@H]2O. The summed E-state index contributed by atoms with van der Waals surface area (Å²) in [5.74, 6) is -6.02. The van der Waals surface area contributed by atoms with Crippen LogP contribution in [0.25, 0.3) is 0 Å². The predicted octanol–water partition coefficient (Wildman–Crippen LogP) is 5.80. The van der Waals surface area contributed by atoms with E-state index in [0.717, 1.165) is 6.26 Å². The van der Waals surface area contributed by atoms with Crippen LogP contribution in [-0.2, 0) is 42.9 Å². The average molecular weight is 934 g/mol. The number of Topliss-reactive ketones (excluding diaryl/α,β-unsaturated/α-hetero) is 1. The van der Waals surface area contributed by atoms with E-state index in [-0.39, 0.29) is 41.7 Å². The number of carbonyl (C=O) groups is 6. The van der Waals surface area contributed by atoms with Crippen LogP contribution in [0, 0.1) is 22.7 Å². The van der Waals surface area contributed by atoms with Gasteiger partial charge in [0.1, 0.15) is 47.1 Å². The molecule has 11 atom stereocenters. The maximum Gasteiger partial charge on any atom is 0.408 e. The third-order valence-electron chi connectivity index (χ3n) is 13.5. The minimum Gasteiger partial charge on any atom is -0.472 e. The molecule has 17 nitrogen and oxygen atoms in total. The number of carbonyl (C=O) groups excluding carboxylic acids is 6. The molecule has 19 heteroatoms. The van der Waals surface area contributed by atoms with Crippen LogP contribution >= 0.6 is 21.6 Å². The van der Waals surface area contributed by atoms with Gasteiger partial charge in [-0.2, -0.15) is 0 Å². The van der Waals surface area contributed by atoms with Gasteiger partial charge in [-0.1, -0.05) is 35.4 Å². The summed E-state index contributed by atoms with van der Waals surface area (Å²) in [5.41, 5.74) is -8.48. The number of rotatable bonds is 14. The molecule has 1 amide bonds. The van der Waals surface area contributed by atoms with Gasteiger partial charge in [0.25, 0.3) is 0 Å². The molecule has 3 saturated carbocycles. The highest BCUT2D eigenvalue weighted by Gasteiger charge is 2.77. The monoisotopic (exact) mass is 933 g/mol. The van der Waals surface area contributed by atoms with E-state index in [0.29, 0.717) is 18.6 Å². The Hall–Kier alpha value is -4.30. The van der Waals surface area contributed by atoms with Gasteiger partial charge in [0.05, 0.1) is 35.5 Å². The summed E-state index contributed by atoms with van der Waals surface area (Å²) in [7, 11) is 3.06. The van der Waals surface area contributed by atoms with Gasteiger partial charge >= 0.3 is 30.0 Å². The molecule has 352 valence electrons. The molecular weight excluding hydrogens is 875 g/mol. The van der Waals surface area contributed by atoms with Crippen molar-refractivity contribution in [1.29, 1.82) is 0 Å². The van der Waals surface area contributed by atoms with Crippen molar-refractivity contribution in [2.75, 3.05) is 12.0 Å². The first kappa shape index (κ1) is 49.1. The molecule has 6 rings (SSSR count). The molecule has 4 aliphatic carbocycles. The maximum atomic E-state index is 15.8. The third-order valence-corrected chi connectivity index (χ3v) is 15.4. The largest absolute Gasteiger partial charge is 0.472 e. The van der Waals surface area contributed by atoms with Gasteiger partial charge in [-0.3, -0.25) is 14.4 Å². The Morgan fingerprint density at radius 3 is 2.36 bits per heavy atom. The minimum atomic E-state index is -2.39. The predicted molar refractivity (Wildman–Crippen MR) is 230 cm³/mol. The van der Waals surface area contributed by atoms with E-state index >= 15 is 4.79 Å². The first-order valence-electron chi connectivity index (χ1n) is 21.3. The van der Waals surface area contributed by atoms with Gasteiger partial charge in [0.15, 0.2) is 18.0 Å². The molecule has 0 aromatic carbocycles. The van der Waals surface area contributed by atoms with Crippen molar-refractivity contribution in [3.8, 4) is 0 Å². The van der Waals surface area contributed by atoms with Gasteiger partial charge in [-0.25, -0.2) is 14.4 Å². The van der Waals surface area contributed by atoms with E-state index in [1.54, 1.807) is 34.6 Å². The van der Waals surface area contributed by atoms with Gasteiger partial charge in [0.2, 0.25) is 0 Å². The van der Waals surface area contributed by atoms with Crippen molar-refractivity contribution in [2.24, 2.45) is 22.7 Å². The minimum absolute atomic E-state index is 0.00681. The van der Waals surface area contributed by atoms with Crippen molar-refractivity contribution in [3.05, 3.63) is 59.5 Å². The van der Waals surface area contributed by atoms with E-state index in [9.17, 15) is 39.3 Å². The molecule has 4 aliphatic rings. The number of alkyl carbamates (subject to hydrolysis) is 1. The highest BCUT2D eigenvalue weighted by Crippen LogP contribution is 2.67. The van der Waals surface area contributed by atoms with E-state index < -0.39 is 118 Å². The molecule has 2 bridgehead atoms. The second kappa shape index (κ2) is 18.5. The van der Waals surface area contributed by atoms with Crippen LogP contribution in [0.4, 0.5) is 4.79 Å². The molecule has 2 aromatic heterocycles. The van der Waals surface area contributed by atoms with E-state index in [1.165, 1.54) is 73.1 Å². The Labute approximate surface area is 379 Å². The highest BCUT2D eigenvalue weighted by molar-refractivity contribution is 8.76. The lowest BCUT2D eigenvalue weighted by Gasteiger charge is -2.68. The molecule has 0 spiro atoms. The lowest BCUT2D eigenvalue weighted by atomic mass is 9.41. The van der Waals surface area contributed by atoms with Crippen LogP contribution in [0.5, 0.6) is 0 Å². The summed E-state index contributed by atoms with van der Waals surface area (Å²) in [4.78, 5) is 84.1. The molecule has 0 radical (unpaired) electrons. The Morgan fingerprint density at radius 2 is 1.78 bits per heavy atom. The zero-order chi connectivity index (χ0) is 47.2. The van der Waals surface area contributed by atoms with Crippen LogP contribution < -0.4 is 5.32 Å². The number of ketones is 1. The summed E-state index contributed by atoms with van der Waals surface area (Å²) in [6.07, 6.45) is -3.81. The highest BCUT2D eigenvalue weighted by atomic mass is 33.1. The number of hydrogen-bond donors (Lipinski definition) is 4. The Kier molecular flexibility index (Phi) is 14.2. The van der Waals surface area contributed by atoms with Crippen LogP contribution in [0.15, 0.2) is 57.0 Å². The van der Waals surface area contributed by atoms with Crippen LogP contribution in [0.2, 0.25) is 0 Å². The van der Waals surface area contributed by atoms with Crippen molar-refractivity contribution in [2.45, 2.75) is 147 Å². The first-order valence-corrected chi connectivity index (χ1v) is 24.0. The van der Waals surface area contributed by atoms with E-state index in [1.807, 2.05) is 6.26 Å². The Bertz CT molecular complexity index is 2110.